The molecule has 0 aromatic carbocycles. The maximum absolute atomic E-state index is 12.6. The second kappa shape index (κ2) is 8.78. The molecule has 7 heteroatoms. The first-order chi connectivity index (χ1) is 11.5. The summed E-state index contributed by atoms with van der Waals surface area (Å²) >= 11 is 0. The largest absolute Gasteiger partial charge is 0.379 e. The van der Waals surface area contributed by atoms with Crippen molar-refractivity contribution in [2.24, 2.45) is 11.1 Å². The molecule has 2 heterocycles. The second-order valence-corrected chi connectivity index (χ2v) is 6.86. The van der Waals surface area contributed by atoms with Gasteiger partial charge in [-0.2, -0.15) is 0 Å². The molecule has 1 unspecified atom stereocenters. The molecule has 2 amide bonds. The first kappa shape index (κ1) is 19.1. The van der Waals surface area contributed by atoms with Crippen LogP contribution in [0.15, 0.2) is 0 Å². The van der Waals surface area contributed by atoms with Crippen LogP contribution >= 0.6 is 0 Å². The lowest BCUT2D eigenvalue weighted by Crippen LogP contribution is -2.49. The van der Waals surface area contributed by atoms with Gasteiger partial charge in [-0.25, -0.2) is 0 Å². The predicted molar refractivity (Wildman–Crippen MR) is 92.5 cm³/mol. The van der Waals surface area contributed by atoms with Gasteiger partial charge in [0.1, 0.15) is 0 Å². The summed E-state index contributed by atoms with van der Waals surface area (Å²) in [6.45, 7) is 9.89. The molecule has 2 aliphatic heterocycles. The number of nitrogens with zero attached hydrogens (tertiary/aromatic N) is 2. The van der Waals surface area contributed by atoms with Crippen LogP contribution in [0.2, 0.25) is 0 Å². The maximum atomic E-state index is 12.6. The zero-order valence-corrected chi connectivity index (χ0v) is 15.1. The van der Waals surface area contributed by atoms with E-state index in [1.807, 2.05) is 18.7 Å². The zero-order valence-electron chi connectivity index (χ0n) is 15.1. The molecule has 2 aliphatic rings. The zero-order chi connectivity index (χ0) is 17.6. The number of hydrogen-bond donors (Lipinski definition) is 2. The number of carbonyl (C=O) groups is 2. The van der Waals surface area contributed by atoms with Crippen molar-refractivity contribution in [3.8, 4) is 0 Å². The summed E-state index contributed by atoms with van der Waals surface area (Å²) < 4.78 is 5.34. The van der Waals surface area contributed by atoms with Gasteiger partial charge in [0.2, 0.25) is 11.8 Å². The van der Waals surface area contributed by atoms with E-state index in [1.54, 1.807) is 0 Å². The van der Waals surface area contributed by atoms with Gasteiger partial charge >= 0.3 is 0 Å². The van der Waals surface area contributed by atoms with Gasteiger partial charge in [0.25, 0.3) is 0 Å². The summed E-state index contributed by atoms with van der Waals surface area (Å²) in [5, 5.41) is 3.06. The molecule has 0 aromatic heterocycles. The third-order valence-electron chi connectivity index (χ3n) is 5.57. The minimum atomic E-state index is -0.510. The Morgan fingerprint density at radius 1 is 1.29 bits per heavy atom. The molecule has 138 valence electrons. The Morgan fingerprint density at radius 2 is 1.96 bits per heavy atom. The molecule has 0 aliphatic carbocycles. The van der Waals surface area contributed by atoms with E-state index in [-0.39, 0.29) is 17.9 Å². The van der Waals surface area contributed by atoms with Gasteiger partial charge < -0.3 is 20.7 Å². The first-order valence-electron chi connectivity index (χ1n) is 9.13. The molecule has 7 nitrogen and oxygen atoms in total. The van der Waals surface area contributed by atoms with Crippen molar-refractivity contribution >= 4 is 11.8 Å². The number of nitrogens with two attached hydrogens (primary N) is 1. The molecule has 0 aromatic rings. The molecule has 0 radical (unpaired) electrons. The summed E-state index contributed by atoms with van der Waals surface area (Å²) in [7, 11) is 0. The number of hydrogen-bond acceptors (Lipinski definition) is 5. The van der Waals surface area contributed by atoms with Gasteiger partial charge in [-0.1, -0.05) is 13.8 Å². The average molecular weight is 340 g/mol. The highest BCUT2D eigenvalue weighted by Gasteiger charge is 2.37. The van der Waals surface area contributed by atoms with Crippen molar-refractivity contribution in [3.05, 3.63) is 0 Å². The minimum Gasteiger partial charge on any atom is -0.379 e. The third-order valence-corrected chi connectivity index (χ3v) is 5.57. The molecule has 24 heavy (non-hydrogen) atoms. The van der Waals surface area contributed by atoms with Crippen LogP contribution in [0, 0.1) is 5.41 Å². The fourth-order valence-corrected chi connectivity index (χ4v) is 3.46. The highest BCUT2D eigenvalue weighted by molar-refractivity contribution is 5.85. The van der Waals surface area contributed by atoms with Crippen LogP contribution in [0.1, 0.15) is 33.1 Å². The monoisotopic (exact) mass is 340 g/mol. The number of nitrogens with one attached hydrogen (secondary N) is 1. The third kappa shape index (κ3) is 4.46. The SMILES string of the molecule is CCC(CC)(CN)C(=O)NC1CC(=O)N(CCN2CCOCC2)C1. The van der Waals surface area contributed by atoms with E-state index >= 15 is 0 Å². The number of carbonyl (C=O) groups excluding carboxylic acids is 2. The molecule has 2 saturated heterocycles. The predicted octanol–water partition coefficient (Wildman–Crippen LogP) is -0.199. The van der Waals surface area contributed by atoms with Crippen molar-refractivity contribution in [1.29, 1.82) is 0 Å². The number of likely N-dealkylation sites (tertiary alicyclic amines) is 1. The number of amides is 2. The summed E-state index contributed by atoms with van der Waals surface area (Å²) in [5.74, 6) is 0.114. The summed E-state index contributed by atoms with van der Waals surface area (Å²) in [5.41, 5.74) is 5.33. The molecule has 0 spiro atoms. The van der Waals surface area contributed by atoms with E-state index in [1.165, 1.54) is 0 Å². The fourth-order valence-electron chi connectivity index (χ4n) is 3.46. The van der Waals surface area contributed by atoms with Crippen LogP contribution in [-0.2, 0) is 14.3 Å². The second-order valence-electron chi connectivity index (χ2n) is 6.86. The fraction of sp³-hybridized carbons (Fsp3) is 0.882. The Bertz CT molecular complexity index is 425. The molecular formula is C17H32N4O3. The summed E-state index contributed by atoms with van der Waals surface area (Å²) in [4.78, 5) is 29.0. The van der Waals surface area contributed by atoms with E-state index in [0.29, 0.717) is 32.4 Å². The van der Waals surface area contributed by atoms with Crippen LogP contribution in [0.4, 0.5) is 0 Å². The lowest BCUT2D eigenvalue weighted by Gasteiger charge is -2.30. The molecule has 0 bridgehead atoms. The summed E-state index contributed by atoms with van der Waals surface area (Å²) in [6, 6.07) is -0.0984. The van der Waals surface area contributed by atoms with E-state index in [9.17, 15) is 9.59 Å². The Kier molecular flexibility index (Phi) is 7.01. The van der Waals surface area contributed by atoms with Crippen molar-refractivity contribution in [3.63, 3.8) is 0 Å². The number of rotatable bonds is 8. The topological polar surface area (TPSA) is 87.9 Å². The maximum Gasteiger partial charge on any atom is 0.227 e. The lowest BCUT2D eigenvalue weighted by atomic mass is 9.81. The Balaban J connectivity index is 1.81. The van der Waals surface area contributed by atoms with Gasteiger partial charge in [0.05, 0.1) is 24.7 Å². The molecule has 0 saturated carbocycles. The quantitative estimate of drug-likeness (QED) is 0.639. The normalized spacial score (nSPS) is 22.9. The standard InChI is InChI=1S/C17H32N4O3/c1-3-17(4-2,13-18)16(23)19-14-11-15(22)21(12-14)6-5-20-7-9-24-10-8-20/h14H,3-13,18H2,1-2H3,(H,19,23). The van der Waals surface area contributed by atoms with Crippen molar-refractivity contribution in [1.82, 2.24) is 15.1 Å². The number of ether oxygens (including phenoxy) is 1. The van der Waals surface area contributed by atoms with Crippen LogP contribution in [0.3, 0.4) is 0 Å². The molecule has 1 atom stereocenters. The lowest BCUT2D eigenvalue weighted by molar-refractivity contribution is -0.131. The highest BCUT2D eigenvalue weighted by Crippen LogP contribution is 2.26. The summed E-state index contributed by atoms with van der Waals surface area (Å²) in [6.07, 6.45) is 1.82. The Morgan fingerprint density at radius 3 is 2.54 bits per heavy atom. The number of morpholine rings is 1. The molecule has 2 rings (SSSR count). The van der Waals surface area contributed by atoms with Crippen molar-refractivity contribution in [2.45, 2.75) is 39.2 Å². The van der Waals surface area contributed by atoms with Crippen molar-refractivity contribution in [2.75, 3.05) is 52.5 Å². The smallest absolute Gasteiger partial charge is 0.227 e. The highest BCUT2D eigenvalue weighted by atomic mass is 16.5. The van der Waals surface area contributed by atoms with Gasteiger partial charge in [0.15, 0.2) is 0 Å². The molecule has 3 N–H and O–H groups in total. The van der Waals surface area contributed by atoms with Crippen LogP contribution < -0.4 is 11.1 Å². The molecule has 2 fully saturated rings. The van der Waals surface area contributed by atoms with Gasteiger partial charge in [-0.3, -0.25) is 14.5 Å². The average Bonchev–Trinajstić information content (AvgIpc) is 2.95. The Hall–Kier alpha value is -1.18. The van der Waals surface area contributed by atoms with Gasteiger partial charge in [0, 0.05) is 45.7 Å². The van der Waals surface area contributed by atoms with Gasteiger partial charge in [-0.15, -0.1) is 0 Å². The van der Waals surface area contributed by atoms with Crippen LogP contribution in [-0.4, -0.2) is 80.1 Å². The van der Waals surface area contributed by atoms with E-state index in [2.05, 4.69) is 10.2 Å². The van der Waals surface area contributed by atoms with Crippen LogP contribution in [0.25, 0.3) is 0 Å². The van der Waals surface area contributed by atoms with Gasteiger partial charge in [-0.05, 0) is 12.8 Å². The van der Waals surface area contributed by atoms with E-state index in [4.69, 9.17) is 10.5 Å². The minimum absolute atomic E-state index is 0.0113. The Labute approximate surface area is 144 Å². The van der Waals surface area contributed by atoms with E-state index in [0.717, 1.165) is 39.4 Å². The van der Waals surface area contributed by atoms with Crippen molar-refractivity contribution < 1.29 is 14.3 Å². The van der Waals surface area contributed by atoms with E-state index < -0.39 is 5.41 Å². The first-order valence-corrected chi connectivity index (χ1v) is 9.13. The molecular weight excluding hydrogens is 308 g/mol. The van der Waals surface area contributed by atoms with Crippen LogP contribution in [0.5, 0.6) is 0 Å².